The monoisotopic (exact) mass is 423 g/mol. The second kappa shape index (κ2) is 9.04. The first kappa shape index (κ1) is 20.7. The van der Waals surface area contributed by atoms with Gasteiger partial charge in [0.25, 0.3) is 0 Å². The Labute approximate surface area is 183 Å². The molecule has 0 amide bonds. The molecule has 6 heteroatoms. The Kier molecular flexibility index (Phi) is 6.23. The van der Waals surface area contributed by atoms with Crippen molar-refractivity contribution < 1.29 is 9.53 Å². The molecule has 1 fully saturated rings. The second-order valence-electron chi connectivity index (χ2n) is 7.92. The van der Waals surface area contributed by atoms with Gasteiger partial charge in [0.15, 0.2) is 5.11 Å². The lowest BCUT2D eigenvalue weighted by atomic mass is 9.81. The minimum atomic E-state index is -0.274. The van der Waals surface area contributed by atoms with Crippen LogP contribution in [0, 0.1) is 5.92 Å². The molecule has 30 heavy (non-hydrogen) atoms. The molecule has 0 radical (unpaired) electrons. The molecule has 2 aromatic rings. The lowest BCUT2D eigenvalue weighted by Crippen LogP contribution is -2.44. The van der Waals surface area contributed by atoms with Gasteiger partial charge in [-0.25, -0.2) is 4.79 Å². The van der Waals surface area contributed by atoms with Crippen LogP contribution in [0.4, 0.5) is 5.69 Å². The summed E-state index contributed by atoms with van der Waals surface area (Å²) in [5, 5.41) is 7.91. The highest BCUT2D eigenvalue weighted by Crippen LogP contribution is 2.47. The number of carbonyl (C=O) groups excluding carboxylic acids is 1. The van der Waals surface area contributed by atoms with Crippen molar-refractivity contribution in [2.75, 3.05) is 18.5 Å². The van der Waals surface area contributed by atoms with Crippen LogP contribution in [0.15, 0.2) is 48.5 Å². The molecular weight excluding hydrogens is 394 g/mol. The lowest BCUT2D eigenvalue weighted by molar-refractivity contribution is 0.0526. The largest absolute Gasteiger partial charge is 0.462 e. The van der Waals surface area contributed by atoms with Gasteiger partial charge in [-0.2, -0.15) is 0 Å². The normalized spacial score (nSPS) is 21.9. The van der Waals surface area contributed by atoms with E-state index in [1.165, 1.54) is 5.56 Å². The number of hydrogen-bond donors (Lipinski definition) is 2. The zero-order valence-corrected chi connectivity index (χ0v) is 18.4. The number of hydrogen-bond acceptors (Lipinski definition) is 4. The topological polar surface area (TPSA) is 53.6 Å². The van der Waals surface area contributed by atoms with Crippen molar-refractivity contribution in [2.24, 2.45) is 5.92 Å². The van der Waals surface area contributed by atoms with E-state index in [9.17, 15) is 4.79 Å². The molecule has 2 aliphatic rings. The van der Waals surface area contributed by atoms with Gasteiger partial charge < -0.3 is 20.3 Å². The van der Waals surface area contributed by atoms with Gasteiger partial charge in [-0.1, -0.05) is 37.3 Å². The van der Waals surface area contributed by atoms with E-state index < -0.39 is 0 Å². The molecule has 0 saturated carbocycles. The first-order chi connectivity index (χ1) is 14.6. The smallest absolute Gasteiger partial charge is 0.338 e. The molecule has 2 N–H and O–H groups in total. The van der Waals surface area contributed by atoms with Gasteiger partial charge in [-0.15, -0.1) is 0 Å². The molecule has 4 rings (SSSR count). The third kappa shape index (κ3) is 4.01. The van der Waals surface area contributed by atoms with Crippen LogP contribution in [0.5, 0.6) is 0 Å². The highest BCUT2D eigenvalue weighted by Gasteiger charge is 2.44. The third-order valence-electron chi connectivity index (χ3n) is 6.17. The van der Waals surface area contributed by atoms with Crippen LogP contribution in [0.25, 0.3) is 0 Å². The number of benzene rings is 2. The maximum Gasteiger partial charge on any atom is 0.338 e. The van der Waals surface area contributed by atoms with Gasteiger partial charge in [0, 0.05) is 30.7 Å². The maximum atomic E-state index is 12.3. The Morgan fingerprint density at radius 2 is 2.03 bits per heavy atom. The van der Waals surface area contributed by atoms with Gasteiger partial charge in [0.2, 0.25) is 0 Å². The summed E-state index contributed by atoms with van der Waals surface area (Å²) in [5.74, 6) is 0.181. The van der Waals surface area contributed by atoms with Crippen LogP contribution >= 0.6 is 12.2 Å². The van der Waals surface area contributed by atoms with Crippen molar-refractivity contribution >= 4 is 29.0 Å². The fraction of sp³-hybridized carbons (Fsp3) is 0.417. The highest BCUT2D eigenvalue weighted by molar-refractivity contribution is 7.80. The first-order valence-electron chi connectivity index (χ1n) is 10.8. The highest BCUT2D eigenvalue weighted by atomic mass is 32.1. The molecule has 0 aromatic heterocycles. The minimum Gasteiger partial charge on any atom is -0.462 e. The molecule has 158 valence electrons. The van der Waals surface area contributed by atoms with E-state index in [0.717, 1.165) is 35.7 Å². The summed E-state index contributed by atoms with van der Waals surface area (Å²) in [4.78, 5) is 14.6. The predicted octanol–water partition coefficient (Wildman–Crippen LogP) is 4.51. The fourth-order valence-electron chi connectivity index (χ4n) is 4.73. The Bertz CT molecular complexity index is 918. The van der Waals surface area contributed by atoms with Crippen molar-refractivity contribution in [3.05, 3.63) is 65.2 Å². The van der Waals surface area contributed by atoms with Crippen LogP contribution in [0.1, 0.15) is 54.2 Å². The number of ether oxygens (including phenoxy) is 1. The molecule has 0 spiro atoms. The zero-order chi connectivity index (χ0) is 21.1. The second-order valence-corrected chi connectivity index (χ2v) is 8.30. The summed E-state index contributed by atoms with van der Waals surface area (Å²) < 4.78 is 5.22. The average Bonchev–Trinajstić information content (AvgIpc) is 3.23. The molecule has 5 nitrogen and oxygen atoms in total. The number of fused-ring (bicyclic) bond motifs is 3. The number of nitrogens with one attached hydrogen (secondary N) is 2. The third-order valence-corrected chi connectivity index (χ3v) is 6.55. The number of rotatable bonds is 5. The average molecular weight is 424 g/mol. The lowest BCUT2D eigenvalue weighted by Gasteiger charge is -2.40. The molecule has 2 heterocycles. The van der Waals surface area contributed by atoms with Gasteiger partial charge in [-0.05, 0) is 61.3 Å². The Hall–Kier alpha value is -2.60. The van der Waals surface area contributed by atoms with Crippen molar-refractivity contribution in [2.45, 2.75) is 45.3 Å². The summed E-state index contributed by atoms with van der Waals surface area (Å²) >= 11 is 5.81. The summed E-state index contributed by atoms with van der Waals surface area (Å²) in [6.45, 7) is 6.05. The fourth-order valence-corrected chi connectivity index (χ4v) is 5.01. The molecule has 0 bridgehead atoms. The molecule has 3 atom stereocenters. The molecule has 0 unspecified atom stereocenters. The van der Waals surface area contributed by atoms with Crippen molar-refractivity contribution in [1.29, 1.82) is 0 Å². The van der Waals surface area contributed by atoms with Crippen LogP contribution in [0.3, 0.4) is 0 Å². The van der Waals surface area contributed by atoms with Crippen LogP contribution in [-0.4, -0.2) is 35.2 Å². The van der Waals surface area contributed by atoms with Gasteiger partial charge >= 0.3 is 5.97 Å². The van der Waals surface area contributed by atoms with E-state index >= 15 is 0 Å². The van der Waals surface area contributed by atoms with E-state index in [2.05, 4.69) is 34.6 Å². The molecule has 2 aromatic carbocycles. The Balaban J connectivity index is 1.60. The number of esters is 1. The summed E-state index contributed by atoms with van der Waals surface area (Å²) in [6, 6.07) is 16.7. The predicted molar refractivity (Wildman–Crippen MR) is 124 cm³/mol. The van der Waals surface area contributed by atoms with E-state index in [1.54, 1.807) is 0 Å². The van der Waals surface area contributed by atoms with E-state index in [4.69, 9.17) is 17.0 Å². The van der Waals surface area contributed by atoms with Crippen LogP contribution in [0.2, 0.25) is 0 Å². The molecule has 2 aliphatic heterocycles. The van der Waals surface area contributed by atoms with Crippen LogP contribution in [-0.2, 0) is 11.3 Å². The first-order valence-corrected chi connectivity index (χ1v) is 11.2. The van der Waals surface area contributed by atoms with Gasteiger partial charge in [0.1, 0.15) is 0 Å². The van der Waals surface area contributed by atoms with E-state index in [-0.39, 0.29) is 12.0 Å². The standard InChI is InChI=1S/C24H29N3O2S/c1-3-20-18-12-13-27(24(30)25-15-16-8-6-5-7-9-16)22(18)19-14-17(23(28)29-4-2)10-11-21(19)26-20/h5-11,14,18,20,22,26H,3-4,12-13,15H2,1-2H3,(H,25,30)/t18-,20+,22-/m0/s1. The molecule has 1 saturated heterocycles. The Morgan fingerprint density at radius 3 is 2.77 bits per heavy atom. The number of likely N-dealkylation sites (tertiary alicyclic amines) is 1. The van der Waals surface area contributed by atoms with Crippen molar-refractivity contribution in [3.8, 4) is 0 Å². The van der Waals surface area contributed by atoms with Crippen molar-refractivity contribution in [1.82, 2.24) is 10.2 Å². The van der Waals surface area contributed by atoms with E-state index in [0.29, 0.717) is 30.7 Å². The summed E-state index contributed by atoms with van der Waals surface area (Å²) in [5.41, 5.74) is 4.03. The number of nitrogens with zero attached hydrogens (tertiary/aromatic N) is 1. The summed E-state index contributed by atoms with van der Waals surface area (Å²) in [7, 11) is 0. The summed E-state index contributed by atoms with van der Waals surface area (Å²) in [6.07, 6.45) is 2.13. The number of carbonyl (C=O) groups is 1. The van der Waals surface area contributed by atoms with Crippen molar-refractivity contribution in [3.63, 3.8) is 0 Å². The quantitative estimate of drug-likeness (QED) is 0.545. The van der Waals surface area contributed by atoms with E-state index in [1.807, 2.05) is 43.3 Å². The Morgan fingerprint density at radius 1 is 1.23 bits per heavy atom. The SMILES string of the molecule is CCOC(=O)c1ccc2c(c1)[C@@H]1[C@@H](CCN1C(=S)NCc1ccccc1)[C@@H](CC)N2. The van der Waals surface area contributed by atoms with Gasteiger partial charge in [-0.3, -0.25) is 0 Å². The molecular formula is C24H29N3O2S. The molecule has 0 aliphatic carbocycles. The number of thiocarbonyl (C=S) groups is 1. The minimum absolute atomic E-state index is 0.163. The maximum absolute atomic E-state index is 12.3. The zero-order valence-electron chi connectivity index (χ0n) is 17.6. The van der Waals surface area contributed by atoms with Crippen LogP contribution < -0.4 is 10.6 Å². The van der Waals surface area contributed by atoms with Gasteiger partial charge in [0.05, 0.1) is 18.2 Å². The number of anilines is 1.